The number of halogens is 1. The van der Waals surface area contributed by atoms with Crippen LogP contribution in [0.4, 0.5) is 4.39 Å². The monoisotopic (exact) mass is 167 g/mol. The molecule has 0 spiro atoms. The molecular weight excluding hydrogens is 153 g/mol. The van der Waals surface area contributed by atoms with Gasteiger partial charge < -0.3 is 5.73 Å². The third kappa shape index (κ3) is 3.01. The molecule has 0 unspecified atom stereocenters. The number of nitrogens with two attached hydrogens (primary N) is 1. The summed E-state index contributed by atoms with van der Waals surface area (Å²) in [5, 5.41) is 0. The third-order valence-corrected chi connectivity index (χ3v) is 1.84. The molecule has 0 saturated carbocycles. The summed E-state index contributed by atoms with van der Waals surface area (Å²) in [6.45, 7) is 0.132. The Morgan fingerprint density at radius 1 is 1.25 bits per heavy atom. The molecule has 0 aliphatic carbocycles. The van der Waals surface area contributed by atoms with Gasteiger partial charge in [0.2, 0.25) is 0 Å². The van der Waals surface area contributed by atoms with Crippen molar-refractivity contribution in [3.8, 4) is 0 Å². The third-order valence-electron chi connectivity index (χ3n) is 1.84. The van der Waals surface area contributed by atoms with Crippen LogP contribution >= 0.6 is 0 Å². The van der Waals surface area contributed by atoms with E-state index in [9.17, 15) is 4.39 Å². The summed E-state index contributed by atoms with van der Waals surface area (Å²) in [6, 6.07) is 9.89. The van der Waals surface area contributed by atoms with Crippen LogP contribution in [0, 0.1) is 0 Å². The molecular formula is C10H14FN. The lowest BCUT2D eigenvalue weighted by atomic mass is 10.1. The summed E-state index contributed by atoms with van der Waals surface area (Å²) in [6.07, 6.45) is 0.449. The Bertz CT molecular complexity index is 210. The molecule has 0 saturated heterocycles. The summed E-state index contributed by atoms with van der Waals surface area (Å²) in [4.78, 5) is 0. The lowest BCUT2D eigenvalue weighted by Gasteiger charge is -2.04. The molecule has 0 aliphatic rings. The van der Waals surface area contributed by atoms with E-state index in [1.807, 2.05) is 30.3 Å². The van der Waals surface area contributed by atoms with Gasteiger partial charge in [-0.15, -0.1) is 0 Å². The minimum absolute atomic E-state index is 0.132. The Balaban J connectivity index is 2.33. The number of rotatable bonds is 4. The Hall–Kier alpha value is -0.890. The van der Waals surface area contributed by atoms with Crippen LogP contribution in [0.3, 0.4) is 0 Å². The van der Waals surface area contributed by atoms with Crippen LogP contribution in [0.1, 0.15) is 12.0 Å². The SMILES string of the molecule is NC[C@H](F)CCc1ccccc1. The quantitative estimate of drug-likeness (QED) is 0.728. The molecule has 0 aliphatic heterocycles. The topological polar surface area (TPSA) is 26.0 Å². The molecule has 1 atom stereocenters. The van der Waals surface area contributed by atoms with E-state index in [0.29, 0.717) is 6.42 Å². The molecule has 66 valence electrons. The molecule has 0 heterocycles. The van der Waals surface area contributed by atoms with Crippen molar-refractivity contribution >= 4 is 0 Å². The molecule has 2 heteroatoms. The molecule has 0 amide bonds. The Morgan fingerprint density at radius 3 is 2.50 bits per heavy atom. The highest BCUT2D eigenvalue weighted by molar-refractivity contribution is 5.14. The van der Waals surface area contributed by atoms with E-state index in [2.05, 4.69) is 0 Å². The molecule has 1 aromatic carbocycles. The van der Waals surface area contributed by atoms with Gasteiger partial charge in [-0.25, -0.2) is 4.39 Å². The van der Waals surface area contributed by atoms with E-state index < -0.39 is 6.17 Å². The largest absolute Gasteiger partial charge is 0.328 e. The van der Waals surface area contributed by atoms with Gasteiger partial charge in [0, 0.05) is 6.54 Å². The van der Waals surface area contributed by atoms with Gasteiger partial charge in [0.25, 0.3) is 0 Å². The summed E-state index contributed by atoms with van der Waals surface area (Å²) >= 11 is 0. The number of hydrogen-bond acceptors (Lipinski definition) is 1. The summed E-state index contributed by atoms with van der Waals surface area (Å²) in [5.74, 6) is 0. The lowest BCUT2D eigenvalue weighted by Crippen LogP contribution is -2.15. The molecule has 0 bridgehead atoms. The van der Waals surface area contributed by atoms with Crippen molar-refractivity contribution in [1.29, 1.82) is 0 Å². The molecule has 0 aromatic heterocycles. The van der Waals surface area contributed by atoms with Gasteiger partial charge >= 0.3 is 0 Å². The van der Waals surface area contributed by atoms with Crippen molar-refractivity contribution in [2.24, 2.45) is 5.73 Å². The first kappa shape index (κ1) is 9.20. The van der Waals surface area contributed by atoms with Crippen molar-refractivity contribution in [2.45, 2.75) is 19.0 Å². The zero-order valence-corrected chi connectivity index (χ0v) is 7.04. The van der Waals surface area contributed by atoms with Crippen LogP contribution in [-0.4, -0.2) is 12.7 Å². The molecule has 1 rings (SSSR count). The van der Waals surface area contributed by atoms with Gasteiger partial charge in [-0.2, -0.15) is 0 Å². The van der Waals surface area contributed by atoms with Crippen molar-refractivity contribution < 1.29 is 4.39 Å². The average Bonchev–Trinajstić information content (AvgIpc) is 2.16. The fourth-order valence-electron chi connectivity index (χ4n) is 1.09. The maximum Gasteiger partial charge on any atom is 0.113 e. The minimum Gasteiger partial charge on any atom is -0.328 e. The van der Waals surface area contributed by atoms with Crippen molar-refractivity contribution in [3.63, 3.8) is 0 Å². The molecule has 1 aromatic rings. The van der Waals surface area contributed by atoms with Crippen LogP contribution in [0.2, 0.25) is 0 Å². The van der Waals surface area contributed by atoms with Crippen LogP contribution in [0.25, 0.3) is 0 Å². The van der Waals surface area contributed by atoms with Crippen LogP contribution in [-0.2, 0) is 6.42 Å². The van der Waals surface area contributed by atoms with Crippen LogP contribution in [0.5, 0.6) is 0 Å². The van der Waals surface area contributed by atoms with Gasteiger partial charge in [-0.3, -0.25) is 0 Å². The molecule has 12 heavy (non-hydrogen) atoms. The summed E-state index contributed by atoms with van der Waals surface area (Å²) in [7, 11) is 0. The van der Waals surface area contributed by atoms with Crippen molar-refractivity contribution in [1.82, 2.24) is 0 Å². The molecule has 2 N–H and O–H groups in total. The maximum absolute atomic E-state index is 12.7. The van der Waals surface area contributed by atoms with Gasteiger partial charge in [0.1, 0.15) is 6.17 Å². The predicted octanol–water partition coefficient (Wildman–Crippen LogP) is 1.92. The number of aryl methyl sites for hydroxylation is 1. The second-order valence-corrected chi connectivity index (χ2v) is 2.86. The fraction of sp³-hybridized carbons (Fsp3) is 0.400. The predicted molar refractivity (Wildman–Crippen MR) is 48.7 cm³/mol. The van der Waals surface area contributed by atoms with Gasteiger partial charge in [-0.1, -0.05) is 30.3 Å². The first-order valence-electron chi connectivity index (χ1n) is 4.21. The first-order chi connectivity index (χ1) is 5.83. The highest BCUT2D eigenvalue weighted by Gasteiger charge is 2.02. The standard InChI is InChI=1S/C10H14FN/c11-10(8-12)7-6-9-4-2-1-3-5-9/h1-5,10H,6-8,12H2/t10-/m1/s1. The van der Waals surface area contributed by atoms with E-state index in [-0.39, 0.29) is 6.54 Å². The number of benzene rings is 1. The van der Waals surface area contributed by atoms with E-state index in [1.54, 1.807) is 0 Å². The average molecular weight is 167 g/mol. The van der Waals surface area contributed by atoms with E-state index in [0.717, 1.165) is 6.42 Å². The van der Waals surface area contributed by atoms with Crippen molar-refractivity contribution in [3.05, 3.63) is 35.9 Å². The van der Waals surface area contributed by atoms with Crippen LogP contribution in [0.15, 0.2) is 30.3 Å². The highest BCUT2D eigenvalue weighted by atomic mass is 19.1. The van der Waals surface area contributed by atoms with Crippen LogP contribution < -0.4 is 5.73 Å². The van der Waals surface area contributed by atoms with Gasteiger partial charge in [-0.05, 0) is 18.4 Å². The van der Waals surface area contributed by atoms with Gasteiger partial charge in [0.15, 0.2) is 0 Å². The molecule has 1 nitrogen and oxygen atoms in total. The number of hydrogen-bond donors (Lipinski definition) is 1. The Morgan fingerprint density at radius 2 is 1.92 bits per heavy atom. The normalized spacial score (nSPS) is 12.8. The van der Waals surface area contributed by atoms with E-state index >= 15 is 0 Å². The highest BCUT2D eigenvalue weighted by Crippen LogP contribution is 2.05. The van der Waals surface area contributed by atoms with Gasteiger partial charge in [0.05, 0.1) is 0 Å². The Labute approximate surface area is 72.4 Å². The number of alkyl halides is 1. The zero-order valence-electron chi connectivity index (χ0n) is 7.04. The zero-order chi connectivity index (χ0) is 8.81. The minimum atomic E-state index is -0.856. The van der Waals surface area contributed by atoms with Crippen molar-refractivity contribution in [2.75, 3.05) is 6.54 Å². The fourth-order valence-corrected chi connectivity index (χ4v) is 1.09. The second kappa shape index (κ2) is 4.88. The second-order valence-electron chi connectivity index (χ2n) is 2.86. The summed E-state index contributed by atoms with van der Waals surface area (Å²) in [5.41, 5.74) is 6.34. The maximum atomic E-state index is 12.7. The molecule has 0 radical (unpaired) electrons. The van der Waals surface area contributed by atoms with E-state index in [4.69, 9.17) is 5.73 Å². The Kier molecular flexibility index (Phi) is 3.74. The molecule has 0 fully saturated rings. The summed E-state index contributed by atoms with van der Waals surface area (Å²) < 4.78 is 12.7. The van der Waals surface area contributed by atoms with E-state index in [1.165, 1.54) is 5.56 Å². The lowest BCUT2D eigenvalue weighted by molar-refractivity contribution is 0.323. The smallest absolute Gasteiger partial charge is 0.113 e. The first-order valence-corrected chi connectivity index (χ1v) is 4.21.